The van der Waals surface area contributed by atoms with Crippen molar-refractivity contribution in [3.8, 4) is 5.75 Å². The molecule has 0 spiro atoms. The summed E-state index contributed by atoms with van der Waals surface area (Å²) in [4.78, 5) is 14.4. The van der Waals surface area contributed by atoms with Gasteiger partial charge < -0.3 is 25.0 Å². The van der Waals surface area contributed by atoms with E-state index in [1.807, 2.05) is 0 Å². The maximum absolute atomic E-state index is 12.7. The number of para-hydroxylation sites is 1. The fraction of sp³-hybridized carbons (Fsp3) is 0.632. The van der Waals surface area contributed by atoms with Crippen molar-refractivity contribution >= 4 is 33.2 Å². The minimum absolute atomic E-state index is 0.0312. The van der Waals surface area contributed by atoms with Crippen LogP contribution in [0.3, 0.4) is 0 Å². The molecule has 8 nitrogen and oxygen atoms in total. The molecule has 0 bridgehead atoms. The Hall–Kier alpha value is -1.55. The summed E-state index contributed by atoms with van der Waals surface area (Å²) in [6.45, 7) is 1.95. The Morgan fingerprint density at radius 2 is 1.97 bits per heavy atom. The number of anilines is 1. The maximum atomic E-state index is 12.7. The average molecular weight is 446 g/mol. The maximum Gasteiger partial charge on any atom is 0.321 e. The van der Waals surface area contributed by atoms with Crippen molar-refractivity contribution < 1.29 is 22.7 Å². The van der Waals surface area contributed by atoms with Gasteiger partial charge in [-0.1, -0.05) is 17.7 Å². The molecule has 0 aliphatic carbocycles. The molecule has 2 heterocycles. The summed E-state index contributed by atoms with van der Waals surface area (Å²) in [6, 6.07) is 5.28. The highest BCUT2D eigenvalue weighted by Crippen LogP contribution is 2.33. The second kappa shape index (κ2) is 9.97. The first kappa shape index (κ1) is 22.1. The number of hydrogen-bond donors (Lipinski definition) is 2. The topological polar surface area (TPSA) is 97.0 Å². The van der Waals surface area contributed by atoms with E-state index in [1.54, 1.807) is 30.2 Å². The van der Waals surface area contributed by atoms with Gasteiger partial charge in [0.25, 0.3) is 0 Å². The zero-order chi connectivity index (χ0) is 20.9. The van der Waals surface area contributed by atoms with Crippen molar-refractivity contribution in [3.05, 3.63) is 23.2 Å². The van der Waals surface area contributed by atoms with E-state index < -0.39 is 9.84 Å². The Balaban J connectivity index is 1.50. The molecule has 0 radical (unpaired) electrons. The number of nitrogens with zero attached hydrogens (tertiary/aromatic N) is 1. The Labute approximate surface area is 176 Å². The molecule has 0 saturated carbocycles. The van der Waals surface area contributed by atoms with Crippen LogP contribution in [-0.4, -0.2) is 76.4 Å². The largest absolute Gasteiger partial charge is 0.487 e. The number of carbonyl (C=O) groups excluding carboxylic acids is 1. The number of carbonyl (C=O) groups is 1. The van der Waals surface area contributed by atoms with Crippen molar-refractivity contribution in [1.29, 1.82) is 0 Å². The van der Waals surface area contributed by atoms with E-state index >= 15 is 0 Å². The van der Waals surface area contributed by atoms with Crippen LogP contribution >= 0.6 is 11.6 Å². The van der Waals surface area contributed by atoms with E-state index in [-0.39, 0.29) is 29.6 Å². The van der Waals surface area contributed by atoms with Crippen LogP contribution in [0.1, 0.15) is 19.3 Å². The Morgan fingerprint density at radius 1 is 1.21 bits per heavy atom. The average Bonchev–Trinajstić information content (AvgIpc) is 3.03. The van der Waals surface area contributed by atoms with Crippen LogP contribution in [0.4, 0.5) is 10.5 Å². The molecule has 1 aromatic carbocycles. The molecule has 2 amide bonds. The lowest BCUT2D eigenvalue weighted by Gasteiger charge is -2.33. The van der Waals surface area contributed by atoms with E-state index in [9.17, 15) is 13.2 Å². The zero-order valence-electron chi connectivity index (χ0n) is 16.5. The van der Waals surface area contributed by atoms with Gasteiger partial charge in [-0.05, 0) is 31.4 Å². The molecule has 0 aromatic heterocycles. The summed E-state index contributed by atoms with van der Waals surface area (Å²) in [5.74, 6) is 0.910. The highest BCUT2D eigenvalue weighted by molar-refractivity contribution is 7.91. The van der Waals surface area contributed by atoms with Crippen LogP contribution in [0.2, 0.25) is 5.02 Å². The number of benzene rings is 1. The number of sulfone groups is 1. The predicted octanol–water partition coefficient (Wildman–Crippen LogP) is 2.14. The molecule has 1 atom stereocenters. The molecule has 2 fully saturated rings. The molecule has 29 heavy (non-hydrogen) atoms. The van der Waals surface area contributed by atoms with Crippen molar-refractivity contribution in [2.75, 3.05) is 50.2 Å². The van der Waals surface area contributed by atoms with Gasteiger partial charge in [0.2, 0.25) is 0 Å². The zero-order valence-corrected chi connectivity index (χ0v) is 18.1. The fourth-order valence-electron chi connectivity index (χ4n) is 3.68. The summed E-state index contributed by atoms with van der Waals surface area (Å²) >= 11 is 6.22. The number of nitrogens with one attached hydrogen (secondary N) is 2. The quantitative estimate of drug-likeness (QED) is 0.624. The van der Waals surface area contributed by atoms with Gasteiger partial charge in [0.05, 0.1) is 28.8 Å². The summed E-state index contributed by atoms with van der Waals surface area (Å²) in [5.41, 5.74) is 0.523. The second-order valence-electron chi connectivity index (χ2n) is 7.42. The number of methoxy groups -OCH3 is 1. The first-order chi connectivity index (χ1) is 13.9. The number of amides is 2. The molecular formula is C19H28ClN3O5S. The SMILES string of the molecule is COCCOc1c(Cl)cccc1NC(=O)N1CCC(N[C@@H]2CCS(=O)(=O)C2)CC1. The standard InChI is InChI=1S/C19H28ClN3O5S/c1-27-10-11-28-18-16(20)3-2-4-17(18)22-19(24)23-8-5-14(6-9-23)21-15-7-12-29(25,26)13-15/h2-4,14-15,21H,5-13H2,1H3,(H,22,24)/t15-/m1/s1. The molecule has 162 valence electrons. The first-order valence-electron chi connectivity index (χ1n) is 9.80. The molecule has 0 unspecified atom stereocenters. The minimum atomic E-state index is -2.89. The van der Waals surface area contributed by atoms with E-state index in [1.165, 1.54) is 0 Å². The van der Waals surface area contributed by atoms with Gasteiger partial charge in [0.15, 0.2) is 15.6 Å². The third-order valence-electron chi connectivity index (χ3n) is 5.23. The predicted molar refractivity (Wildman–Crippen MR) is 113 cm³/mol. The molecule has 2 N–H and O–H groups in total. The third kappa shape index (κ3) is 6.21. The van der Waals surface area contributed by atoms with Crippen molar-refractivity contribution in [2.24, 2.45) is 0 Å². The summed E-state index contributed by atoms with van der Waals surface area (Å²) < 4.78 is 33.8. The van der Waals surface area contributed by atoms with Gasteiger partial charge in [0.1, 0.15) is 6.61 Å². The van der Waals surface area contributed by atoms with E-state index in [0.29, 0.717) is 49.2 Å². The lowest BCUT2D eigenvalue weighted by atomic mass is 10.0. The number of rotatable bonds is 7. The number of likely N-dealkylation sites (tertiary alicyclic amines) is 1. The smallest absolute Gasteiger partial charge is 0.321 e. The lowest BCUT2D eigenvalue weighted by Crippen LogP contribution is -2.49. The number of hydrogen-bond acceptors (Lipinski definition) is 6. The van der Waals surface area contributed by atoms with Crippen molar-refractivity contribution in [2.45, 2.75) is 31.3 Å². The molecule has 10 heteroatoms. The highest BCUT2D eigenvalue weighted by atomic mass is 35.5. The number of halogens is 1. The van der Waals surface area contributed by atoms with Crippen LogP contribution in [-0.2, 0) is 14.6 Å². The second-order valence-corrected chi connectivity index (χ2v) is 10.1. The van der Waals surface area contributed by atoms with E-state index in [2.05, 4.69) is 10.6 Å². The Morgan fingerprint density at radius 3 is 2.62 bits per heavy atom. The number of urea groups is 1. The minimum Gasteiger partial charge on any atom is -0.487 e. The molecular weight excluding hydrogens is 418 g/mol. The molecule has 1 aromatic rings. The van der Waals surface area contributed by atoms with Gasteiger partial charge in [-0.25, -0.2) is 13.2 Å². The fourth-order valence-corrected chi connectivity index (χ4v) is 5.60. The van der Waals surface area contributed by atoms with Crippen LogP contribution in [0.25, 0.3) is 0 Å². The number of piperidine rings is 1. The van der Waals surface area contributed by atoms with Gasteiger partial charge >= 0.3 is 6.03 Å². The molecule has 2 saturated heterocycles. The van der Waals surface area contributed by atoms with Gasteiger partial charge in [-0.15, -0.1) is 0 Å². The monoisotopic (exact) mass is 445 g/mol. The van der Waals surface area contributed by atoms with Crippen LogP contribution in [0.5, 0.6) is 5.75 Å². The Kier molecular flexibility index (Phi) is 7.61. The van der Waals surface area contributed by atoms with E-state index in [4.69, 9.17) is 21.1 Å². The van der Waals surface area contributed by atoms with Gasteiger partial charge in [-0.2, -0.15) is 0 Å². The Bertz CT molecular complexity index is 812. The molecule has 2 aliphatic rings. The lowest BCUT2D eigenvalue weighted by molar-refractivity contribution is 0.146. The van der Waals surface area contributed by atoms with Gasteiger partial charge in [0, 0.05) is 32.3 Å². The van der Waals surface area contributed by atoms with E-state index in [0.717, 1.165) is 12.8 Å². The molecule has 2 aliphatic heterocycles. The molecule has 3 rings (SSSR count). The van der Waals surface area contributed by atoms with Crippen LogP contribution in [0, 0.1) is 0 Å². The third-order valence-corrected chi connectivity index (χ3v) is 7.29. The number of ether oxygens (including phenoxy) is 2. The summed E-state index contributed by atoms with van der Waals surface area (Å²) in [6.07, 6.45) is 2.25. The van der Waals surface area contributed by atoms with Crippen LogP contribution in [0.15, 0.2) is 18.2 Å². The first-order valence-corrected chi connectivity index (χ1v) is 12.0. The summed E-state index contributed by atoms with van der Waals surface area (Å²) in [5, 5.41) is 6.75. The van der Waals surface area contributed by atoms with Gasteiger partial charge in [-0.3, -0.25) is 0 Å². The van der Waals surface area contributed by atoms with Crippen molar-refractivity contribution in [1.82, 2.24) is 10.2 Å². The van der Waals surface area contributed by atoms with Crippen LogP contribution < -0.4 is 15.4 Å². The highest BCUT2D eigenvalue weighted by Gasteiger charge is 2.31. The summed E-state index contributed by atoms with van der Waals surface area (Å²) in [7, 11) is -1.30. The van der Waals surface area contributed by atoms with Crippen molar-refractivity contribution in [3.63, 3.8) is 0 Å². The normalized spacial score (nSPS) is 21.9.